The number of ether oxygens (including phenoxy) is 2. The lowest BCUT2D eigenvalue weighted by Crippen LogP contribution is -2.02. The van der Waals surface area contributed by atoms with Gasteiger partial charge in [0.15, 0.2) is 11.5 Å². The summed E-state index contributed by atoms with van der Waals surface area (Å²) in [6, 6.07) is 2.51. The summed E-state index contributed by atoms with van der Waals surface area (Å²) in [6.07, 6.45) is 0. The maximum Gasteiger partial charge on any atom is 0.338 e. The molecule has 0 atom stereocenters. The smallest absolute Gasteiger partial charge is 0.338 e. The predicted octanol–water partition coefficient (Wildman–Crippen LogP) is 2.58. The minimum absolute atomic E-state index is 0.176. The van der Waals surface area contributed by atoms with E-state index in [1.165, 1.54) is 12.1 Å². The van der Waals surface area contributed by atoms with E-state index in [0.717, 1.165) is 0 Å². The Morgan fingerprint density at radius 1 is 1.24 bits per heavy atom. The third kappa shape index (κ3) is 2.93. The van der Waals surface area contributed by atoms with Crippen molar-refractivity contribution in [2.45, 2.75) is 13.8 Å². The van der Waals surface area contributed by atoms with Crippen LogP contribution in [-0.2, 0) is 0 Å². The Labute approximate surface area is 98.1 Å². The van der Waals surface area contributed by atoms with Gasteiger partial charge in [-0.2, -0.15) is 0 Å². The van der Waals surface area contributed by atoms with Crippen LogP contribution in [0.3, 0.4) is 0 Å². The van der Waals surface area contributed by atoms with Gasteiger partial charge in [0.1, 0.15) is 5.69 Å². The monoisotopic (exact) mass is 239 g/mol. The molecule has 0 unspecified atom stereocenters. The second kappa shape index (κ2) is 5.83. The Balaban J connectivity index is 3.30. The lowest BCUT2D eigenvalue weighted by molar-refractivity contribution is 0.0697. The fraction of sp³-hybridized carbons (Fsp3) is 0.364. The van der Waals surface area contributed by atoms with Crippen molar-refractivity contribution in [3.05, 3.63) is 22.6 Å². The number of benzene rings is 1. The quantitative estimate of drug-likeness (QED) is 0.771. The normalized spacial score (nSPS) is 9.76. The lowest BCUT2D eigenvalue weighted by atomic mass is 10.1. The van der Waals surface area contributed by atoms with Crippen molar-refractivity contribution < 1.29 is 19.4 Å². The highest BCUT2D eigenvalue weighted by atomic mass is 16.5. The molecule has 0 spiro atoms. The molecule has 0 amide bonds. The number of nitrogens with zero attached hydrogens (tertiary/aromatic N) is 1. The minimum Gasteiger partial charge on any atom is -0.490 e. The van der Waals surface area contributed by atoms with Gasteiger partial charge < -0.3 is 14.6 Å². The van der Waals surface area contributed by atoms with Crippen LogP contribution in [-0.4, -0.2) is 24.3 Å². The topological polar surface area (TPSA) is 85.2 Å². The zero-order valence-corrected chi connectivity index (χ0v) is 9.60. The van der Waals surface area contributed by atoms with E-state index in [1.54, 1.807) is 13.8 Å². The standard InChI is InChI=1S/C11H13NO5/c1-3-16-9-5-7(11(13)14)8(12-15)6-10(9)17-4-2/h5-6H,3-4H2,1-2H3,(H,13,14). The second-order valence-electron chi connectivity index (χ2n) is 3.08. The highest BCUT2D eigenvalue weighted by Crippen LogP contribution is 2.35. The molecule has 0 aromatic heterocycles. The Kier molecular flexibility index (Phi) is 4.45. The van der Waals surface area contributed by atoms with E-state index >= 15 is 0 Å². The van der Waals surface area contributed by atoms with Crippen LogP contribution in [0.1, 0.15) is 24.2 Å². The van der Waals surface area contributed by atoms with Crippen LogP contribution in [0.2, 0.25) is 0 Å². The van der Waals surface area contributed by atoms with Crippen molar-refractivity contribution >= 4 is 11.7 Å². The molecule has 1 aromatic rings. The van der Waals surface area contributed by atoms with E-state index in [9.17, 15) is 9.70 Å². The number of hydrogen-bond acceptors (Lipinski definition) is 5. The highest BCUT2D eigenvalue weighted by Gasteiger charge is 2.17. The van der Waals surface area contributed by atoms with Crippen LogP contribution >= 0.6 is 0 Å². The first-order chi connectivity index (χ1) is 8.13. The maximum atomic E-state index is 10.9. The molecule has 0 saturated carbocycles. The van der Waals surface area contributed by atoms with Crippen molar-refractivity contribution in [3.8, 4) is 11.5 Å². The fourth-order valence-electron chi connectivity index (χ4n) is 1.33. The molecular weight excluding hydrogens is 226 g/mol. The summed E-state index contributed by atoms with van der Waals surface area (Å²) in [5.74, 6) is -0.628. The number of hydrogen-bond donors (Lipinski definition) is 1. The van der Waals surface area contributed by atoms with Gasteiger partial charge in [0, 0.05) is 12.1 Å². The molecule has 0 heterocycles. The zero-order valence-electron chi connectivity index (χ0n) is 9.60. The molecule has 0 saturated heterocycles. The van der Waals surface area contributed by atoms with Crippen LogP contribution < -0.4 is 9.47 Å². The summed E-state index contributed by atoms with van der Waals surface area (Å²) >= 11 is 0. The van der Waals surface area contributed by atoms with Gasteiger partial charge in [-0.15, -0.1) is 4.91 Å². The fourth-order valence-corrected chi connectivity index (χ4v) is 1.33. The molecule has 0 radical (unpaired) electrons. The number of carbonyl (C=O) groups is 1. The number of aromatic carboxylic acids is 1. The molecule has 6 nitrogen and oxygen atoms in total. The summed E-state index contributed by atoms with van der Waals surface area (Å²) in [6.45, 7) is 4.29. The average Bonchev–Trinajstić information content (AvgIpc) is 2.31. The van der Waals surface area contributed by atoms with Gasteiger partial charge in [0.2, 0.25) is 0 Å². The average molecular weight is 239 g/mol. The van der Waals surface area contributed by atoms with Gasteiger partial charge in [-0.1, -0.05) is 0 Å². The summed E-state index contributed by atoms with van der Waals surface area (Å²) in [5.41, 5.74) is -0.378. The molecule has 92 valence electrons. The van der Waals surface area contributed by atoms with Gasteiger partial charge in [0.05, 0.1) is 18.8 Å². The largest absolute Gasteiger partial charge is 0.490 e. The van der Waals surface area contributed by atoms with E-state index < -0.39 is 5.97 Å². The lowest BCUT2D eigenvalue weighted by Gasteiger charge is -2.12. The van der Waals surface area contributed by atoms with Crippen LogP contribution in [0.15, 0.2) is 17.3 Å². The molecule has 1 rings (SSSR count). The third-order valence-corrected chi connectivity index (χ3v) is 1.99. The summed E-state index contributed by atoms with van der Waals surface area (Å²) in [7, 11) is 0. The first kappa shape index (κ1) is 13.0. The number of carboxylic acid groups (broad SMARTS) is 1. The summed E-state index contributed by atoms with van der Waals surface area (Å²) in [4.78, 5) is 21.5. The molecule has 0 bridgehead atoms. The summed E-state index contributed by atoms with van der Waals surface area (Å²) < 4.78 is 10.5. The van der Waals surface area contributed by atoms with E-state index in [-0.39, 0.29) is 11.3 Å². The van der Waals surface area contributed by atoms with E-state index in [2.05, 4.69) is 5.18 Å². The minimum atomic E-state index is -1.23. The van der Waals surface area contributed by atoms with Crippen molar-refractivity contribution in [2.75, 3.05) is 13.2 Å². The SMILES string of the molecule is CCOc1cc(N=O)c(C(=O)O)cc1OCC. The highest BCUT2D eigenvalue weighted by molar-refractivity contribution is 5.94. The number of nitroso groups, excluding NO2 is 1. The molecule has 1 aromatic carbocycles. The third-order valence-electron chi connectivity index (χ3n) is 1.99. The molecular formula is C11H13NO5. The van der Waals surface area contributed by atoms with Crippen molar-refractivity contribution in [2.24, 2.45) is 5.18 Å². The van der Waals surface area contributed by atoms with Crippen molar-refractivity contribution in [1.82, 2.24) is 0 Å². The Morgan fingerprint density at radius 2 is 1.76 bits per heavy atom. The molecule has 0 aliphatic rings. The van der Waals surface area contributed by atoms with Gasteiger partial charge in [0.25, 0.3) is 0 Å². The number of rotatable bonds is 6. The van der Waals surface area contributed by atoms with Crippen LogP contribution in [0.5, 0.6) is 11.5 Å². The van der Waals surface area contributed by atoms with Crippen LogP contribution in [0.4, 0.5) is 5.69 Å². The van der Waals surface area contributed by atoms with Crippen LogP contribution in [0, 0.1) is 4.91 Å². The molecule has 1 N–H and O–H groups in total. The van der Waals surface area contributed by atoms with Gasteiger partial charge in [-0.05, 0) is 19.0 Å². The molecule has 17 heavy (non-hydrogen) atoms. The predicted molar refractivity (Wildman–Crippen MR) is 61.2 cm³/mol. The first-order valence-corrected chi connectivity index (χ1v) is 5.14. The molecule has 0 aliphatic carbocycles. The zero-order chi connectivity index (χ0) is 12.8. The molecule has 0 aliphatic heterocycles. The number of carboxylic acids is 1. The van der Waals surface area contributed by atoms with Crippen molar-refractivity contribution in [1.29, 1.82) is 0 Å². The Bertz CT molecular complexity index is 430. The maximum absolute atomic E-state index is 10.9. The van der Waals surface area contributed by atoms with Crippen LogP contribution in [0.25, 0.3) is 0 Å². The Hall–Kier alpha value is -2.11. The van der Waals surface area contributed by atoms with E-state index in [0.29, 0.717) is 24.7 Å². The molecule has 6 heteroatoms. The first-order valence-electron chi connectivity index (χ1n) is 5.14. The second-order valence-corrected chi connectivity index (χ2v) is 3.08. The van der Waals surface area contributed by atoms with E-state index in [4.69, 9.17) is 14.6 Å². The van der Waals surface area contributed by atoms with Gasteiger partial charge in [-0.25, -0.2) is 4.79 Å². The Morgan fingerprint density at radius 3 is 2.18 bits per heavy atom. The molecule has 0 fully saturated rings. The summed E-state index contributed by atoms with van der Waals surface area (Å²) in [5, 5.41) is 11.6. The van der Waals surface area contributed by atoms with Gasteiger partial charge in [-0.3, -0.25) is 0 Å². The van der Waals surface area contributed by atoms with E-state index in [1.807, 2.05) is 0 Å². The van der Waals surface area contributed by atoms with Gasteiger partial charge >= 0.3 is 5.97 Å². The van der Waals surface area contributed by atoms with Crippen molar-refractivity contribution in [3.63, 3.8) is 0 Å².